The van der Waals surface area contributed by atoms with Gasteiger partial charge in [-0.15, -0.1) is 0 Å². The van der Waals surface area contributed by atoms with E-state index in [1.54, 1.807) is 0 Å². The second-order valence-electron chi connectivity index (χ2n) is 4.75. The van der Waals surface area contributed by atoms with E-state index in [-0.39, 0.29) is 18.1 Å². The largest absolute Gasteiger partial charge is 0.454 e. The van der Waals surface area contributed by atoms with Gasteiger partial charge in [-0.25, -0.2) is 4.79 Å². The van der Waals surface area contributed by atoms with Crippen LogP contribution in [0.25, 0.3) is 0 Å². The van der Waals surface area contributed by atoms with Crippen LogP contribution < -0.4 is 5.73 Å². The number of cyclic esters (lactones) is 1. The van der Waals surface area contributed by atoms with Gasteiger partial charge in [0.15, 0.2) is 5.76 Å². The fourth-order valence-corrected chi connectivity index (χ4v) is 2.45. The molecule has 2 aliphatic rings. The van der Waals surface area contributed by atoms with Crippen molar-refractivity contribution < 1.29 is 14.3 Å². The van der Waals surface area contributed by atoms with E-state index in [4.69, 9.17) is 15.2 Å². The Morgan fingerprint density at radius 3 is 2.70 bits per heavy atom. The molecule has 100 valence electrons. The number of rotatable bonds is 1. The summed E-state index contributed by atoms with van der Waals surface area (Å²) in [5, 5.41) is 9.31. The minimum Gasteiger partial charge on any atom is -0.454 e. The van der Waals surface area contributed by atoms with E-state index in [1.165, 1.54) is 0 Å². The quantitative estimate of drug-likeness (QED) is 0.782. The van der Waals surface area contributed by atoms with Crippen molar-refractivity contribution in [3.05, 3.63) is 58.2 Å². The van der Waals surface area contributed by atoms with Crippen molar-refractivity contribution in [2.75, 3.05) is 6.61 Å². The Morgan fingerprint density at radius 2 is 2.05 bits per heavy atom. The third-order valence-corrected chi connectivity index (χ3v) is 3.46. The maximum Gasteiger partial charge on any atom is 0.339 e. The normalized spacial score (nSPS) is 21.2. The molecular formula is C15H12N2O3. The summed E-state index contributed by atoms with van der Waals surface area (Å²) in [5.74, 6) is -0.530. The highest BCUT2D eigenvalue weighted by atomic mass is 16.6. The van der Waals surface area contributed by atoms with Gasteiger partial charge in [0.25, 0.3) is 0 Å². The molecule has 0 amide bonds. The van der Waals surface area contributed by atoms with Crippen LogP contribution in [0.1, 0.15) is 17.0 Å². The van der Waals surface area contributed by atoms with Gasteiger partial charge in [0.1, 0.15) is 18.2 Å². The lowest BCUT2D eigenvalue weighted by atomic mass is 9.83. The van der Waals surface area contributed by atoms with E-state index < -0.39 is 11.9 Å². The summed E-state index contributed by atoms with van der Waals surface area (Å²) >= 11 is 0. The maximum absolute atomic E-state index is 11.9. The standard InChI is InChI=1S/C15H12N2O3/c1-8-2-4-9(5-3-8)12-10(6-16)14(17)20-11-7-19-15(18)13(11)12/h2-5,12H,7,17H2,1H3. The van der Waals surface area contributed by atoms with Crippen molar-refractivity contribution in [3.8, 4) is 6.07 Å². The first kappa shape index (κ1) is 12.3. The van der Waals surface area contributed by atoms with E-state index in [2.05, 4.69) is 0 Å². The van der Waals surface area contributed by atoms with Gasteiger partial charge in [-0.1, -0.05) is 29.8 Å². The number of allylic oxidation sites excluding steroid dienone is 1. The summed E-state index contributed by atoms with van der Waals surface area (Å²) in [6.45, 7) is 2.04. The van der Waals surface area contributed by atoms with Gasteiger partial charge in [0.2, 0.25) is 5.88 Å². The molecule has 0 fully saturated rings. The third-order valence-electron chi connectivity index (χ3n) is 3.46. The van der Waals surface area contributed by atoms with Crippen LogP contribution in [0.3, 0.4) is 0 Å². The molecule has 0 saturated carbocycles. The van der Waals surface area contributed by atoms with Gasteiger partial charge in [0, 0.05) is 0 Å². The van der Waals surface area contributed by atoms with Gasteiger partial charge in [-0.3, -0.25) is 0 Å². The van der Waals surface area contributed by atoms with Crippen molar-refractivity contribution in [1.82, 2.24) is 0 Å². The van der Waals surface area contributed by atoms with Gasteiger partial charge in [-0.2, -0.15) is 5.26 Å². The molecule has 2 heterocycles. The van der Waals surface area contributed by atoms with Crippen LogP contribution >= 0.6 is 0 Å². The molecule has 1 aromatic rings. The Hall–Kier alpha value is -2.74. The lowest BCUT2D eigenvalue weighted by molar-refractivity contribution is -0.136. The molecule has 0 radical (unpaired) electrons. The minimum atomic E-state index is -0.514. The first-order valence-corrected chi connectivity index (χ1v) is 6.16. The number of carbonyl (C=O) groups is 1. The van der Waals surface area contributed by atoms with Crippen LogP contribution in [0.5, 0.6) is 0 Å². The molecule has 0 aliphatic carbocycles. The van der Waals surface area contributed by atoms with Crippen molar-refractivity contribution in [2.24, 2.45) is 5.73 Å². The average Bonchev–Trinajstić information content (AvgIpc) is 2.79. The molecule has 1 aromatic carbocycles. The number of esters is 1. The zero-order valence-corrected chi connectivity index (χ0v) is 10.8. The number of aryl methyl sites for hydroxylation is 1. The smallest absolute Gasteiger partial charge is 0.339 e. The molecule has 1 atom stereocenters. The highest BCUT2D eigenvalue weighted by Crippen LogP contribution is 2.41. The SMILES string of the molecule is Cc1ccc(C2C(C#N)=C(N)OC3=C2C(=O)OC3)cc1. The van der Waals surface area contributed by atoms with E-state index >= 15 is 0 Å². The molecule has 0 bridgehead atoms. The lowest BCUT2D eigenvalue weighted by Crippen LogP contribution is -2.21. The van der Waals surface area contributed by atoms with Gasteiger partial charge in [0.05, 0.1) is 11.5 Å². The molecule has 1 unspecified atom stereocenters. The summed E-state index contributed by atoms with van der Waals surface area (Å²) in [4.78, 5) is 11.9. The van der Waals surface area contributed by atoms with E-state index in [0.29, 0.717) is 11.3 Å². The highest BCUT2D eigenvalue weighted by Gasteiger charge is 2.41. The Labute approximate surface area is 115 Å². The molecule has 5 nitrogen and oxygen atoms in total. The van der Waals surface area contributed by atoms with E-state index in [1.807, 2.05) is 37.3 Å². The third kappa shape index (κ3) is 1.74. The zero-order chi connectivity index (χ0) is 14.3. The maximum atomic E-state index is 11.9. The Kier molecular flexibility index (Phi) is 2.72. The fraction of sp³-hybridized carbons (Fsp3) is 0.200. The van der Waals surface area contributed by atoms with Crippen LogP contribution in [0.15, 0.2) is 47.1 Å². The van der Waals surface area contributed by atoms with Crippen LogP contribution in [-0.2, 0) is 14.3 Å². The van der Waals surface area contributed by atoms with Gasteiger partial charge < -0.3 is 15.2 Å². The number of benzene rings is 1. The molecule has 0 spiro atoms. The predicted octanol–water partition coefficient (Wildman–Crippen LogP) is 1.61. The second kappa shape index (κ2) is 4.42. The molecule has 0 saturated heterocycles. The molecule has 2 aliphatic heterocycles. The van der Waals surface area contributed by atoms with Crippen LogP contribution in [0.4, 0.5) is 0 Å². The Balaban J connectivity index is 2.16. The molecule has 20 heavy (non-hydrogen) atoms. The van der Waals surface area contributed by atoms with Gasteiger partial charge in [-0.05, 0) is 12.5 Å². The molecular weight excluding hydrogens is 256 g/mol. The minimum absolute atomic E-state index is 0.0372. The van der Waals surface area contributed by atoms with E-state index in [9.17, 15) is 10.1 Å². The number of carbonyl (C=O) groups excluding carboxylic acids is 1. The van der Waals surface area contributed by atoms with E-state index in [0.717, 1.165) is 11.1 Å². The second-order valence-corrected chi connectivity index (χ2v) is 4.75. The van der Waals surface area contributed by atoms with Crippen molar-refractivity contribution >= 4 is 5.97 Å². The summed E-state index contributed by atoms with van der Waals surface area (Å²) in [5.41, 5.74) is 8.32. The van der Waals surface area contributed by atoms with Crippen LogP contribution in [0, 0.1) is 18.3 Å². The van der Waals surface area contributed by atoms with Crippen LogP contribution in [0.2, 0.25) is 0 Å². The summed E-state index contributed by atoms with van der Waals surface area (Å²) < 4.78 is 10.3. The Morgan fingerprint density at radius 1 is 1.35 bits per heavy atom. The number of nitrogens with zero attached hydrogens (tertiary/aromatic N) is 1. The number of ether oxygens (including phenoxy) is 2. The van der Waals surface area contributed by atoms with Crippen molar-refractivity contribution in [2.45, 2.75) is 12.8 Å². The van der Waals surface area contributed by atoms with Crippen molar-refractivity contribution in [3.63, 3.8) is 0 Å². The fourth-order valence-electron chi connectivity index (χ4n) is 2.45. The van der Waals surface area contributed by atoms with Crippen LogP contribution in [-0.4, -0.2) is 12.6 Å². The Bertz CT molecular complexity index is 693. The number of hydrogen-bond acceptors (Lipinski definition) is 5. The molecule has 0 aromatic heterocycles. The number of hydrogen-bond donors (Lipinski definition) is 1. The predicted molar refractivity (Wildman–Crippen MR) is 69.8 cm³/mol. The highest BCUT2D eigenvalue weighted by molar-refractivity contribution is 5.94. The topological polar surface area (TPSA) is 85.3 Å². The summed E-state index contributed by atoms with van der Waals surface area (Å²) in [6.07, 6.45) is 0. The first-order chi connectivity index (χ1) is 9.61. The van der Waals surface area contributed by atoms with Crippen molar-refractivity contribution in [1.29, 1.82) is 5.26 Å². The monoisotopic (exact) mass is 268 g/mol. The molecule has 3 rings (SSSR count). The first-order valence-electron chi connectivity index (χ1n) is 6.16. The number of nitriles is 1. The zero-order valence-electron chi connectivity index (χ0n) is 10.8. The molecule has 2 N–H and O–H groups in total. The summed E-state index contributed by atoms with van der Waals surface area (Å²) in [6, 6.07) is 9.65. The summed E-state index contributed by atoms with van der Waals surface area (Å²) in [7, 11) is 0. The lowest BCUT2D eigenvalue weighted by Gasteiger charge is -2.23. The van der Waals surface area contributed by atoms with Gasteiger partial charge >= 0.3 is 5.97 Å². The molecule has 5 heteroatoms. The number of nitrogens with two attached hydrogens (primary N) is 1. The average molecular weight is 268 g/mol.